The first-order valence-corrected chi connectivity index (χ1v) is 48.6. The van der Waals surface area contributed by atoms with Crippen molar-refractivity contribution in [2.45, 2.75) is 274 Å². The molecule has 68 heavy (non-hydrogen) atoms. The molecular weight excluding hydrogens is 1010 g/mol. The van der Waals surface area contributed by atoms with E-state index in [1.807, 2.05) is 0 Å². The Bertz CT molecular complexity index is 1690. The number of carbonyl (C=O) groups is 1. The van der Waals surface area contributed by atoms with Crippen LogP contribution in [0, 0.1) is 0 Å². The van der Waals surface area contributed by atoms with Crippen LogP contribution in [0.1, 0.15) is 193 Å². The molecule has 382 valence electrons. The lowest BCUT2D eigenvalue weighted by atomic mass is 10.4. The first-order valence-electron chi connectivity index (χ1n) is 28.9. The topological polar surface area (TPSA) is 109 Å². The monoisotopic (exact) mass is 1090 g/mol. The minimum absolute atomic E-state index is 0.310. The van der Waals surface area contributed by atoms with Crippen molar-refractivity contribution in [2.75, 3.05) is 6.61 Å². The quantitative estimate of drug-likeness (QED) is 0.0718. The Hall–Kier alpha value is 0.802. The highest BCUT2D eigenvalue weighted by molar-refractivity contribution is 7.14. The average molecular weight is 1090 g/mol. The van der Waals surface area contributed by atoms with Crippen molar-refractivity contribution in [2.24, 2.45) is 0 Å². The highest BCUT2D eigenvalue weighted by Crippen LogP contribution is 2.69. The van der Waals surface area contributed by atoms with Crippen molar-refractivity contribution in [3.63, 3.8) is 0 Å². The van der Waals surface area contributed by atoms with Crippen LogP contribution in [-0.4, -0.2) is 89.6 Å². The second-order valence-corrected chi connectivity index (χ2v) is 61.1. The zero-order valence-electron chi connectivity index (χ0n) is 42.5. The molecule has 0 aromatic carbocycles. The van der Waals surface area contributed by atoms with Gasteiger partial charge in [-0.2, -0.15) is 0 Å². The van der Waals surface area contributed by atoms with Crippen LogP contribution in [0.3, 0.4) is 0 Å². The summed E-state index contributed by atoms with van der Waals surface area (Å²) in [5, 5.41) is 0. The average Bonchev–Trinajstić information content (AvgIpc) is 4.14. The summed E-state index contributed by atoms with van der Waals surface area (Å²) in [5.74, 6) is -0.310. The Morgan fingerprint density at radius 3 is 0.956 bits per heavy atom. The molecule has 8 atom stereocenters. The molecule has 7 aliphatic carbocycles. The van der Waals surface area contributed by atoms with Gasteiger partial charge in [0.25, 0.3) is 0 Å². The van der Waals surface area contributed by atoms with E-state index in [9.17, 15) is 4.79 Å². The van der Waals surface area contributed by atoms with Gasteiger partial charge in [-0.05, 0) is 122 Å². The van der Waals surface area contributed by atoms with E-state index >= 15 is 0 Å². The summed E-state index contributed by atoms with van der Waals surface area (Å²) in [5.41, 5.74) is 6.66. The summed E-state index contributed by atoms with van der Waals surface area (Å²) in [7, 11) is -29.2. The molecular formula is C48H88O11Si9. The number of esters is 1. The SMILES string of the molecule is C=C(C)C(=O)OCCC[Si](C)(C)O[Si]12C[Si]3(C4CCCC4)O[Si]4(C5CCCC5)C[Si]5(C6CCCC6)O[Si](C6CCCC6)(C[Si](C6CCCC6)(O1)O4)O[Si](C1CCCC1)(C[Si](C1CCCC1)(O3)O5)O2. The van der Waals surface area contributed by atoms with Gasteiger partial charge in [0.1, 0.15) is 0 Å². The van der Waals surface area contributed by atoms with Crippen molar-refractivity contribution in [1.29, 1.82) is 0 Å². The van der Waals surface area contributed by atoms with E-state index in [1.54, 1.807) is 6.92 Å². The van der Waals surface area contributed by atoms with Crippen molar-refractivity contribution in [3.05, 3.63) is 12.2 Å². The summed E-state index contributed by atoms with van der Waals surface area (Å²) >= 11 is 0. The van der Waals surface area contributed by atoms with Crippen LogP contribution >= 0.6 is 0 Å². The standard InChI is InChI=1S/C48H88O11Si9/c1-40(2)48(49)50-34-19-35-60(3,4)51-68-39-67(47-32-17-18-33-47)56-62(42-22-7-8-23-42)36-61(41-20-5-6-21-41)52-63(43-24-9-10-25-43,37-65(54-62,58-68)45-28-13-14-29-45)55-66(59-68,46-30-15-16-31-46)38-64(53-61,57-67)44-26-11-12-27-44/h41-47H,1,5-39H2,2-4H3. The maximum Gasteiger partial charge on any atom is 0.474 e. The number of rotatable bonds is 14. The molecule has 0 amide bonds. The normalized spacial score (nSPS) is 44.5. The van der Waals surface area contributed by atoms with Crippen LogP contribution in [0.25, 0.3) is 0 Å². The van der Waals surface area contributed by atoms with Crippen LogP contribution in [0.2, 0.25) is 80.6 Å². The second-order valence-electron chi connectivity index (χ2n) is 25.6. The predicted molar refractivity (Wildman–Crippen MR) is 283 cm³/mol. The van der Waals surface area contributed by atoms with Gasteiger partial charge in [-0.3, -0.25) is 0 Å². The number of carbonyl (C=O) groups excluding carboxylic acids is 1. The van der Waals surface area contributed by atoms with Gasteiger partial charge >= 0.3 is 74.7 Å². The molecule has 0 aromatic heterocycles. The molecule has 8 bridgehead atoms. The lowest BCUT2D eigenvalue weighted by Crippen LogP contribution is -2.88. The van der Waals surface area contributed by atoms with Crippen LogP contribution in [0.15, 0.2) is 12.2 Å². The number of ether oxygens (including phenoxy) is 1. The molecule has 13 rings (SSSR count). The summed E-state index contributed by atoms with van der Waals surface area (Å²) < 4.78 is 86.3. The molecule has 11 nitrogen and oxygen atoms in total. The van der Waals surface area contributed by atoms with Gasteiger partial charge in [0.15, 0.2) is 8.32 Å². The number of hydrogen-bond acceptors (Lipinski definition) is 11. The molecule has 13 aliphatic rings. The Morgan fingerprint density at radius 1 is 0.441 bits per heavy atom. The summed E-state index contributed by atoms with van der Waals surface area (Å²) in [6, 6.07) is 0.847. The third-order valence-electron chi connectivity index (χ3n) is 20.4. The molecule has 0 radical (unpaired) electrons. The molecule has 6 saturated heterocycles. The van der Waals surface area contributed by atoms with Gasteiger partial charge < -0.3 is 41.8 Å². The van der Waals surface area contributed by atoms with Gasteiger partial charge in [-0.15, -0.1) is 0 Å². The first kappa shape index (κ1) is 49.7. The van der Waals surface area contributed by atoms with Crippen molar-refractivity contribution in [3.8, 4) is 0 Å². The predicted octanol–water partition coefficient (Wildman–Crippen LogP) is 13.7. The second kappa shape index (κ2) is 18.8. The fourth-order valence-corrected chi connectivity index (χ4v) is 98.9. The van der Waals surface area contributed by atoms with Crippen LogP contribution < -0.4 is 0 Å². The smallest absolute Gasteiger partial charge is 0.462 e. The van der Waals surface area contributed by atoms with E-state index in [2.05, 4.69) is 19.7 Å². The van der Waals surface area contributed by atoms with Crippen LogP contribution in [0.5, 0.6) is 0 Å². The molecule has 13 fully saturated rings. The maximum atomic E-state index is 12.6. The summed E-state index contributed by atoms with van der Waals surface area (Å²) in [4.78, 5) is 12.6. The maximum absolute atomic E-state index is 12.6. The minimum Gasteiger partial charge on any atom is -0.462 e. The van der Waals surface area contributed by atoms with Crippen molar-refractivity contribution >= 4 is 83.0 Å². The molecule has 0 aromatic rings. The summed E-state index contributed by atoms with van der Waals surface area (Å²) in [6.07, 6.45) is 34.8. The van der Waals surface area contributed by atoms with E-state index in [1.165, 1.54) is 141 Å². The molecule has 8 unspecified atom stereocenters. The Kier molecular flexibility index (Phi) is 13.7. The largest absolute Gasteiger partial charge is 0.474 e. The van der Waals surface area contributed by atoms with E-state index in [0.29, 0.717) is 56.6 Å². The van der Waals surface area contributed by atoms with Gasteiger partial charge in [-0.25, -0.2) is 4.79 Å². The number of hydrogen-bond donors (Lipinski definition) is 0. The fourth-order valence-electron chi connectivity index (χ4n) is 17.4. The van der Waals surface area contributed by atoms with E-state index in [-0.39, 0.29) is 5.97 Å². The van der Waals surface area contributed by atoms with Crippen LogP contribution in [-0.2, 0) is 46.6 Å². The first-order chi connectivity index (χ1) is 32.8. The molecule has 6 heterocycles. The van der Waals surface area contributed by atoms with Crippen LogP contribution in [0.4, 0.5) is 0 Å². The summed E-state index contributed by atoms with van der Waals surface area (Å²) in [6.45, 7) is 10.8. The molecule has 0 spiro atoms. The van der Waals surface area contributed by atoms with Gasteiger partial charge in [0.2, 0.25) is 0 Å². The van der Waals surface area contributed by atoms with E-state index in [4.69, 9.17) is 41.8 Å². The Balaban J connectivity index is 1.12. The lowest BCUT2D eigenvalue weighted by molar-refractivity contribution is -0.138. The fraction of sp³-hybridized carbons (Fsp3) is 0.938. The molecule has 0 N–H and O–H groups in total. The third kappa shape index (κ3) is 8.75. The highest BCUT2D eigenvalue weighted by Gasteiger charge is 2.85. The zero-order chi connectivity index (χ0) is 46.5. The van der Waals surface area contributed by atoms with Crippen molar-refractivity contribution < 1.29 is 46.6 Å². The lowest BCUT2D eigenvalue weighted by Gasteiger charge is -2.69. The van der Waals surface area contributed by atoms with E-state index in [0.717, 1.165) is 68.0 Å². The Morgan fingerprint density at radius 2 is 0.691 bits per heavy atom. The molecule has 20 heteroatoms. The highest BCUT2D eigenvalue weighted by atomic mass is 28.6. The zero-order valence-corrected chi connectivity index (χ0v) is 51.5. The molecule has 7 saturated carbocycles. The van der Waals surface area contributed by atoms with Crippen molar-refractivity contribution in [1.82, 2.24) is 0 Å². The van der Waals surface area contributed by atoms with Gasteiger partial charge in [0, 0.05) is 61.4 Å². The van der Waals surface area contributed by atoms with Gasteiger partial charge in [-0.1, -0.05) is 96.5 Å². The molecule has 6 aliphatic heterocycles. The van der Waals surface area contributed by atoms with E-state index < -0.39 is 77.0 Å². The third-order valence-corrected chi connectivity index (χ3v) is 75.6. The van der Waals surface area contributed by atoms with Gasteiger partial charge in [0.05, 0.1) is 12.3 Å². The Labute approximate surface area is 419 Å². The minimum atomic E-state index is -3.78.